The van der Waals surface area contributed by atoms with Crippen LogP contribution in [0.4, 0.5) is 0 Å². The molecular weight excluding hydrogens is 301 g/mol. The molecule has 2 rings (SSSR count). The molecule has 0 saturated carbocycles. The zero-order valence-corrected chi connectivity index (χ0v) is 12.9. The number of methoxy groups -OCH3 is 1. The summed E-state index contributed by atoms with van der Waals surface area (Å²) in [7, 11) is 1.60. The standard InChI is InChI=1S/C14H17Cl2NO3/c1-14(13(18)19)6-11(20-2)8-17(14)7-9-5-10(15)3-4-12(9)16/h3-5,11H,6-8H2,1-2H3,(H,18,19)/t11-,14+/m1/s1. The molecule has 0 spiro atoms. The lowest BCUT2D eigenvalue weighted by Crippen LogP contribution is -2.47. The summed E-state index contributed by atoms with van der Waals surface area (Å²) in [5, 5.41) is 10.7. The first-order valence-corrected chi connectivity index (χ1v) is 7.07. The van der Waals surface area contributed by atoms with Crippen molar-refractivity contribution in [3.63, 3.8) is 0 Å². The van der Waals surface area contributed by atoms with E-state index in [4.69, 9.17) is 27.9 Å². The second-order valence-corrected chi connectivity index (χ2v) is 6.10. The first-order valence-electron chi connectivity index (χ1n) is 6.32. The van der Waals surface area contributed by atoms with Crippen molar-refractivity contribution in [1.82, 2.24) is 4.90 Å². The molecule has 4 nitrogen and oxygen atoms in total. The van der Waals surface area contributed by atoms with Crippen molar-refractivity contribution in [1.29, 1.82) is 0 Å². The van der Waals surface area contributed by atoms with Crippen LogP contribution in [0, 0.1) is 0 Å². The number of likely N-dealkylation sites (tertiary alicyclic amines) is 1. The summed E-state index contributed by atoms with van der Waals surface area (Å²) in [4.78, 5) is 13.5. The number of hydrogen-bond donors (Lipinski definition) is 1. The Balaban J connectivity index is 2.26. The Morgan fingerprint density at radius 2 is 2.25 bits per heavy atom. The molecule has 1 heterocycles. The van der Waals surface area contributed by atoms with Crippen LogP contribution in [0.5, 0.6) is 0 Å². The predicted molar refractivity (Wildman–Crippen MR) is 78.3 cm³/mol. The van der Waals surface area contributed by atoms with E-state index in [1.807, 2.05) is 4.90 Å². The molecule has 20 heavy (non-hydrogen) atoms. The Morgan fingerprint density at radius 3 is 2.85 bits per heavy atom. The van der Waals surface area contributed by atoms with E-state index in [2.05, 4.69) is 0 Å². The fourth-order valence-electron chi connectivity index (χ4n) is 2.57. The summed E-state index contributed by atoms with van der Waals surface area (Å²) < 4.78 is 5.31. The number of ether oxygens (including phenoxy) is 1. The van der Waals surface area contributed by atoms with Crippen molar-refractivity contribution < 1.29 is 14.6 Å². The van der Waals surface area contributed by atoms with E-state index in [1.54, 1.807) is 32.2 Å². The lowest BCUT2D eigenvalue weighted by molar-refractivity contribution is -0.149. The van der Waals surface area contributed by atoms with Crippen LogP contribution in [0.2, 0.25) is 10.0 Å². The minimum absolute atomic E-state index is 0.0888. The lowest BCUT2D eigenvalue weighted by Gasteiger charge is -2.31. The molecule has 2 atom stereocenters. The summed E-state index contributed by atoms with van der Waals surface area (Å²) in [6.45, 7) is 2.71. The third-order valence-electron chi connectivity index (χ3n) is 3.91. The van der Waals surface area contributed by atoms with Crippen LogP contribution >= 0.6 is 23.2 Å². The minimum Gasteiger partial charge on any atom is -0.480 e. The maximum atomic E-state index is 11.6. The second kappa shape index (κ2) is 5.90. The van der Waals surface area contributed by atoms with E-state index < -0.39 is 11.5 Å². The van der Waals surface area contributed by atoms with Gasteiger partial charge in [-0.2, -0.15) is 0 Å². The van der Waals surface area contributed by atoms with Gasteiger partial charge < -0.3 is 9.84 Å². The molecule has 1 aliphatic rings. The van der Waals surface area contributed by atoms with Crippen molar-refractivity contribution in [2.45, 2.75) is 31.5 Å². The zero-order valence-electron chi connectivity index (χ0n) is 11.4. The Hall–Kier alpha value is -0.810. The van der Waals surface area contributed by atoms with Gasteiger partial charge in [0.05, 0.1) is 6.10 Å². The van der Waals surface area contributed by atoms with Crippen LogP contribution in [0.15, 0.2) is 18.2 Å². The molecule has 0 amide bonds. The fourth-order valence-corrected chi connectivity index (χ4v) is 2.95. The van der Waals surface area contributed by atoms with E-state index in [0.717, 1.165) is 5.56 Å². The number of rotatable bonds is 4. The molecular formula is C14H17Cl2NO3. The van der Waals surface area contributed by atoms with Crippen molar-refractivity contribution in [3.05, 3.63) is 33.8 Å². The molecule has 1 fully saturated rings. The normalized spacial score (nSPS) is 26.9. The molecule has 1 aromatic rings. The van der Waals surface area contributed by atoms with Gasteiger partial charge in [-0.25, -0.2) is 0 Å². The Morgan fingerprint density at radius 1 is 1.55 bits per heavy atom. The van der Waals surface area contributed by atoms with Crippen LogP contribution in [0.3, 0.4) is 0 Å². The summed E-state index contributed by atoms with van der Waals surface area (Å²) >= 11 is 12.1. The molecule has 0 radical (unpaired) electrons. The van der Waals surface area contributed by atoms with E-state index in [0.29, 0.717) is 29.6 Å². The predicted octanol–water partition coefficient (Wildman–Crippen LogP) is 3.06. The van der Waals surface area contributed by atoms with Crippen LogP contribution in [-0.4, -0.2) is 41.3 Å². The summed E-state index contributed by atoms with van der Waals surface area (Å²) in [6.07, 6.45) is 0.367. The zero-order chi connectivity index (χ0) is 14.9. The molecule has 1 saturated heterocycles. The van der Waals surface area contributed by atoms with Crippen LogP contribution < -0.4 is 0 Å². The Bertz CT molecular complexity index is 523. The molecule has 1 N–H and O–H groups in total. The summed E-state index contributed by atoms with van der Waals surface area (Å²) in [6, 6.07) is 5.21. The van der Waals surface area contributed by atoms with Crippen molar-refractivity contribution in [2.75, 3.05) is 13.7 Å². The van der Waals surface area contributed by atoms with Crippen LogP contribution in [0.25, 0.3) is 0 Å². The Kier molecular flexibility index (Phi) is 4.59. The SMILES string of the molecule is CO[C@H]1CN(Cc2cc(Cl)ccc2Cl)[C@](C)(C(=O)O)C1. The van der Waals surface area contributed by atoms with Crippen molar-refractivity contribution >= 4 is 29.2 Å². The summed E-state index contributed by atoms with van der Waals surface area (Å²) in [5.74, 6) is -0.852. The van der Waals surface area contributed by atoms with E-state index in [9.17, 15) is 9.90 Å². The fraction of sp³-hybridized carbons (Fsp3) is 0.500. The largest absolute Gasteiger partial charge is 0.480 e. The minimum atomic E-state index is -0.952. The van der Waals surface area contributed by atoms with Crippen molar-refractivity contribution in [3.8, 4) is 0 Å². The second-order valence-electron chi connectivity index (χ2n) is 5.26. The number of carboxylic acid groups (broad SMARTS) is 1. The maximum Gasteiger partial charge on any atom is 0.323 e. The summed E-state index contributed by atoms with van der Waals surface area (Å²) in [5.41, 5.74) is -0.129. The van der Waals surface area contributed by atoms with Gasteiger partial charge in [0.1, 0.15) is 5.54 Å². The molecule has 110 valence electrons. The molecule has 0 bridgehead atoms. The van der Waals surface area contributed by atoms with Crippen LogP contribution in [0.1, 0.15) is 18.9 Å². The number of benzene rings is 1. The Labute approximate surface area is 128 Å². The number of hydrogen-bond acceptors (Lipinski definition) is 3. The first-order chi connectivity index (χ1) is 9.36. The third kappa shape index (κ3) is 2.93. The molecule has 1 aliphatic heterocycles. The quantitative estimate of drug-likeness (QED) is 0.927. The first kappa shape index (κ1) is 15.6. The van der Waals surface area contributed by atoms with Crippen LogP contribution in [-0.2, 0) is 16.1 Å². The third-order valence-corrected chi connectivity index (χ3v) is 4.51. The highest BCUT2D eigenvalue weighted by Crippen LogP contribution is 2.34. The van der Waals surface area contributed by atoms with Gasteiger partial charge in [-0.15, -0.1) is 0 Å². The average Bonchev–Trinajstić information content (AvgIpc) is 2.72. The van der Waals surface area contributed by atoms with E-state index in [1.165, 1.54) is 0 Å². The lowest BCUT2D eigenvalue weighted by atomic mass is 9.98. The number of aliphatic carboxylic acids is 1. The van der Waals surface area contributed by atoms with E-state index >= 15 is 0 Å². The smallest absolute Gasteiger partial charge is 0.323 e. The number of carboxylic acids is 1. The van der Waals surface area contributed by atoms with Gasteiger partial charge in [0.15, 0.2) is 0 Å². The van der Waals surface area contributed by atoms with Gasteiger partial charge in [-0.1, -0.05) is 23.2 Å². The van der Waals surface area contributed by atoms with Gasteiger partial charge in [-0.05, 0) is 30.7 Å². The molecule has 6 heteroatoms. The monoisotopic (exact) mass is 317 g/mol. The van der Waals surface area contributed by atoms with Gasteiger partial charge >= 0.3 is 5.97 Å². The highest BCUT2D eigenvalue weighted by atomic mass is 35.5. The molecule has 1 aromatic carbocycles. The van der Waals surface area contributed by atoms with Gasteiger partial charge in [0.25, 0.3) is 0 Å². The maximum absolute atomic E-state index is 11.6. The average molecular weight is 318 g/mol. The number of nitrogens with zero attached hydrogens (tertiary/aromatic N) is 1. The number of carbonyl (C=O) groups is 1. The highest BCUT2D eigenvalue weighted by Gasteiger charge is 2.48. The van der Waals surface area contributed by atoms with E-state index in [-0.39, 0.29) is 6.10 Å². The molecule has 0 aromatic heterocycles. The molecule has 0 unspecified atom stereocenters. The van der Waals surface area contributed by atoms with Gasteiger partial charge in [0, 0.05) is 36.7 Å². The van der Waals surface area contributed by atoms with Gasteiger partial charge in [-0.3, -0.25) is 9.69 Å². The van der Waals surface area contributed by atoms with Crippen molar-refractivity contribution in [2.24, 2.45) is 0 Å². The topological polar surface area (TPSA) is 49.8 Å². The number of halogens is 2. The molecule has 0 aliphatic carbocycles. The highest BCUT2D eigenvalue weighted by molar-refractivity contribution is 6.33. The van der Waals surface area contributed by atoms with Gasteiger partial charge in [0.2, 0.25) is 0 Å².